The van der Waals surface area contributed by atoms with Crippen molar-refractivity contribution in [3.63, 3.8) is 0 Å². The maximum absolute atomic E-state index is 13.7. The van der Waals surface area contributed by atoms with Gasteiger partial charge in [0, 0.05) is 20.8 Å². The first kappa shape index (κ1) is 17.4. The van der Waals surface area contributed by atoms with Crippen LogP contribution < -0.4 is 11.3 Å². The number of methoxy groups -OCH3 is 2. The molecule has 118 valence electrons. The summed E-state index contributed by atoms with van der Waals surface area (Å²) in [7, 11) is 3.11. The first-order valence-corrected chi connectivity index (χ1v) is 6.60. The molecule has 1 aromatic carbocycles. The van der Waals surface area contributed by atoms with E-state index in [9.17, 15) is 9.18 Å². The first-order valence-electron chi connectivity index (χ1n) is 6.60. The first-order chi connectivity index (χ1) is 10.1. The molecule has 0 bridgehead atoms. The Morgan fingerprint density at radius 2 is 2.14 bits per heavy atom. The SMILES string of the molecule is COCCN(C(=O)c1cccc(F)c1NN)C(C)COC. The summed E-state index contributed by atoms with van der Waals surface area (Å²) < 4.78 is 23.8. The maximum Gasteiger partial charge on any atom is 0.256 e. The van der Waals surface area contributed by atoms with Crippen LogP contribution in [0.15, 0.2) is 18.2 Å². The molecule has 1 aromatic rings. The zero-order valence-corrected chi connectivity index (χ0v) is 12.6. The zero-order valence-electron chi connectivity index (χ0n) is 12.6. The standard InChI is InChI=1S/C14H22FN3O3/c1-10(9-21-3)18(7-8-20-2)14(19)11-5-4-6-12(15)13(11)17-16/h4-6,10,17H,7-9,16H2,1-3H3. The van der Waals surface area contributed by atoms with Crippen molar-refractivity contribution in [2.24, 2.45) is 5.84 Å². The number of nitrogens with zero attached hydrogens (tertiary/aromatic N) is 1. The molecule has 0 aliphatic rings. The lowest BCUT2D eigenvalue weighted by molar-refractivity contribution is 0.0480. The number of rotatable bonds is 8. The third-order valence-electron chi connectivity index (χ3n) is 3.13. The molecule has 3 N–H and O–H groups in total. The van der Waals surface area contributed by atoms with Gasteiger partial charge in [-0.25, -0.2) is 4.39 Å². The van der Waals surface area contributed by atoms with Gasteiger partial charge >= 0.3 is 0 Å². The van der Waals surface area contributed by atoms with Crippen molar-refractivity contribution in [2.45, 2.75) is 13.0 Å². The molecule has 1 rings (SSSR count). The third kappa shape index (κ3) is 4.38. The van der Waals surface area contributed by atoms with Gasteiger partial charge in [0.05, 0.1) is 30.5 Å². The fourth-order valence-electron chi connectivity index (χ4n) is 2.05. The minimum absolute atomic E-state index is 0.0190. The monoisotopic (exact) mass is 299 g/mol. The number of anilines is 1. The van der Waals surface area contributed by atoms with Gasteiger partial charge in [0.15, 0.2) is 0 Å². The molecule has 1 amide bonds. The molecule has 6 nitrogen and oxygen atoms in total. The molecule has 7 heteroatoms. The highest BCUT2D eigenvalue weighted by molar-refractivity contribution is 5.99. The van der Waals surface area contributed by atoms with Crippen LogP contribution in [0.4, 0.5) is 10.1 Å². The summed E-state index contributed by atoms with van der Waals surface area (Å²) in [5.74, 6) is 4.41. The Balaban J connectivity index is 3.07. The van der Waals surface area contributed by atoms with Crippen molar-refractivity contribution in [2.75, 3.05) is 39.4 Å². The highest BCUT2D eigenvalue weighted by Crippen LogP contribution is 2.21. The number of benzene rings is 1. The number of para-hydroxylation sites is 1. The molecular formula is C14H22FN3O3. The number of carbonyl (C=O) groups excluding carboxylic acids is 1. The lowest BCUT2D eigenvalue weighted by Gasteiger charge is -2.29. The number of ether oxygens (including phenoxy) is 2. The summed E-state index contributed by atoms with van der Waals surface area (Å²) in [4.78, 5) is 14.2. The molecule has 0 saturated carbocycles. The minimum atomic E-state index is -0.575. The van der Waals surface area contributed by atoms with Gasteiger partial charge in [-0.05, 0) is 19.1 Å². The number of hydrogen-bond acceptors (Lipinski definition) is 5. The zero-order chi connectivity index (χ0) is 15.8. The highest BCUT2D eigenvalue weighted by atomic mass is 19.1. The average molecular weight is 299 g/mol. The summed E-state index contributed by atoms with van der Waals surface area (Å²) in [5.41, 5.74) is 2.40. The van der Waals surface area contributed by atoms with Gasteiger partial charge in [-0.3, -0.25) is 10.6 Å². The molecule has 0 heterocycles. The molecule has 0 aromatic heterocycles. The van der Waals surface area contributed by atoms with Crippen LogP contribution in [0.2, 0.25) is 0 Å². The minimum Gasteiger partial charge on any atom is -0.383 e. The van der Waals surface area contributed by atoms with E-state index in [0.717, 1.165) is 0 Å². The smallest absolute Gasteiger partial charge is 0.256 e. The summed E-state index contributed by atoms with van der Waals surface area (Å²) in [6.45, 7) is 2.98. The van der Waals surface area contributed by atoms with E-state index in [2.05, 4.69) is 5.43 Å². The Morgan fingerprint density at radius 3 is 2.71 bits per heavy atom. The molecule has 21 heavy (non-hydrogen) atoms. The maximum atomic E-state index is 13.7. The molecule has 1 atom stereocenters. The van der Waals surface area contributed by atoms with E-state index in [0.29, 0.717) is 19.8 Å². The number of hydrazine groups is 1. The number of nitrogens with two attached hydrogens (primary N) is 1. The van der Waals surface area contributed by atoms with E-state index in [-0.39, 0.29) is 23.2 Å². The van der Waals surface area contributed by atoms with Crippen molar-refractivity contribution in [1.82, 2.24) is 4.90 Å². The lowest BCUT2D eigenvalue weighted by Crippen LogP contribution is -2.43. The van der Waals surface area contributed by atoms with Crippen LogP contribution in [-0.4, -0.2) is 50.8 Å². The number of halogens is 1. The van der Waals surface area contributed by atoms with Crippen LogP contribution in [0.3, 0.4) is 0 Å². The lowest BCUT2D eigenvalue weighted by atomic mass is 10.1. The molecule has 0 fully saturated rings. The number of nitrogen functional groups attached to an aromatic ring is 1. The largest absolute Gasteiger partial charge is 0.383 e. The molecule has 0 radical (unpaired) electrons. The van der Waals surface area contributed by atoms with Crippen LogP contribution >= 0.6 is 0 Å². The molecule has 0 aliphatic carbocycles. The fraction of sp³-hybridized carbons (Fsp3) is 0.500. The Bertz CT molecular complexity index is 471. The molecular weight excluding hydrogens is 277 g/mol. The Hall–Kier alpha value is -1.70. The Kier molecular flexibility index (Phi) is 7.07. The summed E-state index contributed by atoms with van der Waals surface area (Å²) in [5, 5.41) is 0. The van der Waals surface area contributed by atoms with Gasteiger partial charge in [0.1, 0.15) is 5.82 Å². The van der Waals surface area contributed by atoms with Crippen LogP contribution in [0, 0.1) is 5.82 Å². The van der Waals surface area contributed by atoms with Gasteiger partial charge < -0.3 is 19.8 Å². The number of amides is 1. The van der Waals surface area contributed by atoms with Crippen molar-refractivity contribution < 1.29 is 18.7 Å². The van der Waals surface area contributed by atoms with E-state index in [1.54, 1.807) is 19.1 Å². The van der Waals surface area contributed by atoms with Gasteiger partial charge in [-0.15, -0.1) is 0 Å². The van der Waals surface area contributed by atoms with Crippen LogP contribution in [0.1, 0.15) is 17.3 Å². The quantitative estimate of drug-likeness (QED) is 0.558. The summed E-state index contributed by atoms with van der Waals surface area (Å²) in [6.07, 6.45) is 0. The van der Waals surface area contributed by atoms with Crippen molar-refractivity contribution in [3.8, 4) is 0 Å². The van der Waals surface area contributed by atoms with Crippen LogP contribution in [0.25, 0.3) is 0 Å². The van der Waals surface area contributed by atoms with Crippen molar-refractivity contribution >= 4 is 11.6 Å². The second-order valence-corrected chi connectivity index (χ2v) is 4.60. The van der Waals surface area contributed by atoms with Gasteiger partial charge in [0.25, 0.3) is 5.91 Å². The number of carbonyl (C=O) groups is 1. The Morgan fingerprint density at radius 1 is 1.43 bits per heavy atom. The predicted molar refractivity (Wildman–Crippen MR) is 78.5 cm³/mol. The van der Waals surface area contributed by atoms with E-state index in [4.69, 9.17) is 15.3 Å². The normalized spacial score (nSPS) is 12.0. The number of hydrogen-bond donors (Lipinski definition) is 2. The van der Waals surface area contributed by atoms with Crippen LogP contribution in [-0.2, 0) is 9.47 Å². The molecule has 0 saturated heterocycles. The van der Waals surface area contributed by atoms with E-state index < -0.39 is 5.82 Å². The van der Waals surface area contributed by atoms with Gasteiger partial charge in [-0.2, -0.15) is 0 Å². The van der Waals surface area contributed by atoms with E-state index >= 15 is 0 Å². The molecule has 0 aliphatic heterocycles. The van der Waals surface area contributed by atoms with Gasteiger partial charge in [-0.1, -0.05) is 6.07 Å². The molecule has 1 unspecified atom stereocenters. The summed E-state index contributed by atoms with van der Waals surface area (Å²) in [6, 6.07) is 4.06. The van der Waals surface area contributed by atoms with Crippen molar-refractivity contribution in [3.05, 3.63) is 29.6 Å². The predicted octanol–water partition coefficient (Wildman–Crippen LogP) is 1.23. The molecule has 0 spiro atoms. The third-order valence-corrected chi connectivity index (χ3v) is 3.13. The van der Waals surface area contributed by atoms with Crippen LogP contribution in [0.5, 0.6) is 0 Å². The second-order valence-electron chi connectivity index (χ2n) is 4.60. The second kappa shape index (κ2) is 8.56. The highest BCUT2D eigenvalue weighted by Gasteiger charge is 2.24. The average Bonchev–Trinajstić information content (AvgIpc) is 2.47. The topological polar surface area (TPSA) is 76.8 Å². The van der Waals surface area contributed by atoms with Gasteiger partial charge in [0.2, 0.25) is 0 Å². The Labute approximate surface area is 124 Å². The summed E-state index contributed by atoms with van der Waals surface area (Å²) >= 11 is 0. The number of nitrogens with one attached hydrogen (secondary N) is 1. The fourth-order valence-corrected chi connectivity index (χ4v) is 2.05. The van der Waals surface area contributed by atoms with E-state index in [1.165, 1.54) is 18.2 Å². The van der Waals surface area contributed by atoms with E-state index in [1.807, 2.05) is 6.92 Å². The van der Waals surface area contributed by atoms with Crippen molar-refractivity contribution in [1.29, 1.82) is 0 Å².